The van der Waals surface area contributed by atoms with E-state index < -0.39 is 0 Å². The molecule has 0 bridgehead atoms. The summed E-state index contributed by atoms with van der Waals surface area (Å²) < 4.78 is 0. The van der Waals surface area contributed by atoms with Crippen LogP contribution in [0.15, 0.2) is 0 Å². The summed E-state index contributed by atoms with van der Waals surface area (Å²) in [6, 6.07) is 3.27. The quantitative estimate of drug-likeness (QED) is 0.682. The molecule has 0 amide bonds. The summed E-state index contributed by atoms with van der Waals surface area (Å²) in [5.41, 5.74) is 0.207. The molecule has 3 heteroatoms. The molecule has 1 aliphatic heterocycles. The lowest BCUT2D eigenvalue weighted by Crippen LogP contribution is -2.47. The van der Waals surface area contributed by atoms with E-state index in [-0.39, 0.29) is 5.54 Å². The molecular weight excluding hydrogens is 198 g/mol. The molecule has 0 radical (unpaired) electrons. The largest absolute Gasteiger partial charge is 0.298 e. The van der Waals surface area contributed by atoms with Gasteiger partial charge in [-0.2, -0.15) is 5.26 Å². The maximum Gasteiger partial charge on any atom is 0.0638 e. The molecular formula is C13H25N3. The Balaban J connectivity index is 2.78. The van der Waals surface area contributed by atoms with Gasteiger partial charge in [-0.3, -0.25) is 9.80 Å². The molecule has 1 saturated heterocycles. The Morgan fingerprint density at radius 2 is 2.00 bits per heavy atom. The van der Waals surface area contributed by atoms with E-state index in [2.05, 4.69) is 50.6 Å². The molecule has 1 fully saturated rings. The highest BCUT2D eigenvalue weighted by atomic mass is 15.3. The molecule has 1 heterocycles. The number of nitrogens with zero attached hydrogens (tertiary/aromatic N) is 3. The van der Waals surface area contributed by atoms with Crippen LogP contribution in [0, 0.1) is 11.3 Å². The van der Waals surface area contributed by atoms with Crippen molar-refractivity contribution in [3.05, 3.63) is 0 Å². The van der Waals surface area contributed by atoms with Gasteiger partial charge in [-0.15, -0.1) is 0 Å². The van der Waals surface area contributed by atoms with Crippen LogP contribution in [0.1, 0.15) is 40.5 Å². The molecule has 0 aliphatic carbocycles. The highest BCUT2D eigenvalue weighted by molar-refractivity contribution is 4.91. The Hall–Kier alpha value is -0.590. The van der Waals surface area contributed by atoms with E-state index in [1.807, 2.05) is 0 Å². The third-order valence-corrected chi connectivity index (χ3v) is 3.79. The monoisotopic (exact) mass is 223 g/mol. The van der Waals surface area contributed by atoms with Gasteiger partial charge in [0.2, 0.25) is 0 Å². The lowest BCUT2D eigenvalue weighted by molar-refractivity contribution is 0.116. The minimum Gasteiger partial charge on any atom is -0.298 e. The van der Waals surface area contributed by atoms with Gasteiger partial charge < -0.3 is 0 Å². The minimum atomic E-state index is 0.207. The summed E-state index contributed by atoms with van der Waals surface area (Å²) >= 11 is 0. The predicted molar refractivity (Wildman–Crippen MR) is 67.2 cm³/mol. The molecule has 92 valence electrons. The molecule has 0 saturated carbocycles. The number of hydrogen-bond donors (Lipinski definition) is 0. The lowest BCUT2D eigenvalue weighted by Gasteiger charge is -2.37. The van der Waals surface area contributed by atoms with Gasteiger partial charge in [-0.1, -0.05) is 0 Å². The second kappa shape index (κ2) is 5.16. The smallest absolute Gasteiger partial charge is 0.0638 e. The fourth-order valence-electron chi connectivity index (χ4n) is 2.30. The van der Waals surface area contributed by atoms with Crippen molar-refractivity contribution >= 4 is 0 Å². The number of nitriles is 1. The van der Waals surface area contributed by atoms with Crippen LogP contribution in [0.3, 0.4) is 0 Å². The molecule has 0 aromatic heterocycles. The first kappa shape index (κ1) is 13.5. The van der Waals surface area contributed by atoms with E-state index in [1.54, 1.807) is 0 Å². The van der Waals surface area contributed by atoms with E-state index in [9.17, 15) is 0 Å². The molecule has 0 N–H and O–H groups in total. The highest BCUT2D eigenvalue weighted by Gasteiger charge is 2.31. The first-order valence-corrected chi connectivity index (χ1v) is 6.20. The fourth-order valence-corrected chi connectivity index (χ4v) is 2.30. The first-order valence-electron chi connectivity index (χ1n) is 6.20. The van der Waals surface area contributed by atoms with Gasteiger partial charge in [0.15, 0.2) is 0 Å². The lowest BCUT2D eigenvalue weighted by atomic mass is 10.0. The highest BCUT2D eigenvalue weighted by Crippen LogP contribution is 2.22. The van der Waals surface area contributed by atoms with Crippen LogP contribution in [0.25, 0.3) is 0 Å². The van der Waals surface area contributed by atoms with Gasteiger partial charge in [0.05, 0.1) is 12.5 Å². The third kappa shape index (κ3) is 3.20. The van der Waals surface area contributed by atoms with Gasteiger partial charge in [0.25, 0.3) is 0 Å². The molecule has 2 atom stereocenters. The molecule has 0 spiro atoms. The summed E-state index contributed by atoms with van der Waals surface area (Å²) in [6.45, 7) is 11.2. The Kier molecular flexibility index (Phi) is 4.35. The maximum absolute atomic E-state index is 8.91. The number of likely N-dealkylation sites (N-methyl/N-ethyl adjacent to an activating group) is 1. The molecule has 0 aromatic carbocycles. The van der Waals surface area contributed by atoms with Crippen molar-refractivity contribution < 1.29 is 0 Å². The van der Waals surface area contributed by atoms with Crippen molar-refractivity contribution in [1.82, 2.24) is 9.80 Å². The van der Waals surface area contributed by atoms with Gasteiger partial charge >= 0.3 is 0 Å². The van der Waals surface area contributed by atoms with Gasteiger partial charge in [0.1, 0.15) is 0 Å². The van der Waals surface area contributed by atoms with Gasteiger partial charge in [-0.25, -0.2) is 0 Å². The maximum atomic E-state index is 8.91. The number of hydrogen-bond acceptors (Lipinski definition) is 3. The topological polar surface area (TPSA) is 30.3 Å². The van der Waals surface area contributed by atoms with Crippen LogP contribution in [-0.2, 0) is 0 Å². The zero-order valence-corrected chi connectivity index (χ0v) is 11.3. The van der Waals surface area contributed by atoms with Crippen LogP contribution in [0.4, 0.5) is 0 Å². The summed E-state index contributed by atoms with van der Waals surface area (Å²) in [7, 11) is 2.15. The van der Waals surface area contributed by atoms with Crippen LogP contribution in [0.5, 0.6) is 0 Å². The summed E-state index contributed by atoms with van der Waals surface area (Å²) in [5.74, 6) is 0. The van der Waals surface area contributed by atoms with E-state index in [0.717, 1.165) is 13.1 Å². The molecule has 16 heavy (non-hydrogen) atoms. The summed E-state index contributed by atoms with van der Waals surface area (Å²) in [4.78, 5) is 4.88. The standard InChI is InChI=1S/C13H25N3/c1-11-7-9-16(13(2,3)4)10-12(6-8-14)15(11)5/h11-12H,6-7,9-10H2,1-5H3. The van der Waals surface area contributed by atoms with Crippen LogP contribution < -0.4 is 0 Å². The predicted octanol–water partition coefficient (Wildman–Crippen LogP) is 2.09. The van der Waals surface area contributed by atoms with Crippen molar-refractivity contribution in [2.24, 2.45) is 0 Å². The Morgan fingerprint density at radius 3 is 2.50 bits per heavy atom. The van der Waals surface area contributed by atoms with E-state index in [4.69, 9.17) is 5.26 Å². The van der Waals surface area contributed by atoms with Crippen molar-refractivity contribution in [1.29, 1.82) is 5.26 Å². The van der Waals surface area contributed by atoms with Crippen molar-refractivity contribution in [3.63, 3.8) is 0 Å². The normalized spacial score (nSPS) is 29.8. The summed E-state index contributed by atoms with van der Waals surface area (Å²) in [6.07, 6.45) is 1.82. The zero-order chi connectivity index (χ0) is 12.3. The zero-order valence-electron chi connectivity index (χ0n) is 11.3. The Morgan fingerprint density at radius 1 is 1.38 bits per heavy atom. The summed E-state index contributed by atoms with van der Waals surface area (Å²) in [5, 5.41) is 8.91. The van der Waals surface area contributed by atoms with Crippen molar-refractivity contribution in [2.45, 2.75) is 58.2 Å². The van der Waals surface area contributed by atoms with Gasteiger partial charge in [0, 0.05) is 30.7 Å². The fraction of sp³-hybridized carbons (Fsp3) is 0.923. The van der Waals surface area contributed by atoms with Crippen LogP contribution >= 0.6 is 0 Å². The van der Waals surface area contributed by atoms with E-state index >= 15 is 0 Å². The average Bonchev–Trinajstić information content (AvgIpc) is 2.31. The first-order chi connectivity index (χ1) is 7.36. The molecule has 3 nitrogen and oxygen atoms in total. The van der Waals surface area contributed by atoms with Gasteiger partial charge in [-0.05, 0) is 41.2 Å². The van der Waals surface area contributed by atoms with Crippen LogP contribution in [0.2, 0.25) is 0 Å². The van der Waals surface area contributed by atoms with Crippen molar-refractivity contribution in [2.75, 3.05) is 20.1 Å². The Labute approximate surface area is 100 Å². The third-order valence-electron chi connectivity index (χ3n) is 3.79. The van der Waals surface area contributed by atoms with Crippen molar-refractivity contribution in [3.8, 4) is 6.07 Å². The second-order valence-electron chi connectivity index (χ2n) is 5.94. The molecule has 1 rings (SSSR count). The number of rotatable bonds is 1. The van der Waals surface area contributed by atoms with Crippen LogP contribution in [-0.4, -0.2) is 47.6 Å². The Bertz CT molecular complexity index is 261. The molecule has 0 aromatic rings. The SMILES string of the molecule is CC1CCN(C(C)(C)C)CC(CC#N)N1C. The second-order valence-corrected chi connectivity index (χ2v) is 5.94. The van der Waals surface area contributed by atoms with E-state index in [1.165, 1.54) is 6.42 Å². The molecule has 2 unspecified atom stereocenters. The van der Waals surface area contributed by atoms with E-state index in [0.29, 0.717) is 18.5 Å². The molecule has 1 aliphatic rings. The average molecular weight is 223 g/mol. The minimum absolute atomic E-state index is 0.207.